The molecule has 2 fully saturated rings. The van der Waals surface area contributed by atoms with Crippen molar-refractivity contribution in [1.29, 1.82) is 0 Å². The molecule has 5 heterocycles. The number of carbonyl (C=O) groups is 1. The predicted octanol–water partition coefficient (Wildman–Crippen LogP) is 5.07. The van der Waals surface area contributed by atoms with Gasteiger partial charge in [0.15, 0.2) is 5.65 Å². The van der Waals surface area contributed by atoms with E-state index < -0.39 is 5.60 Å². The van der Waals surface area contributed by atoms with Crippen molar-refractivity contribution in [2.45, 2.75) is 38.8 Å². The van der Waals surface area contributed by atoms with Gasteiger partial charge >= 0.3 is 6.09 Å². The summed E-state index contributed by atoms with van der Waals surface area (Å²) in [5.74, 6) is 1.71. The van der Waals surface area contributed by atoms with Crippen LogP contribution in [0.25, 0.3) is 28.2 Å². The minimum Gasteiger partial charge on any atom is -0.444 e. The number of fused-ring (bicyclic) bond motifs is 2. The smallest absolute Gasteiger partial charge is 0.410 e. The zero-order valence-corrected chi connectivity index (χ0v) is 21.1. The van der Waals surface area contributed by atoms with Crippen molar-refractivity contribution >= 4 is 23.1 Å². The topological polar surface area (TPSA) is 76.4 Å². The molecular formula is C28H29FN6O2. The molecule has 4 aromatic rings. The van der Waals surface area contributed by atoms with Crippen LogP contribution >= 0.6 is 0 Å². The van der Waals surface area contributed by atoms with Crippen LogP contribution in [-0.4, -0.2) is 61.8 Å². The second-order valence-corrected chi connectivity index (χ2v) is 10.7. The molecule has 1 aromatic carbocycles. The third-order valence-corrected chi connectivity index (χ3v) is 7.02. The maximum atomic E-state index is 13.6. The second-order valence-electron chi connectivity index (χ2n) is 10.7. The number of piperidine rings is 1. The molecule has 1 amide bonds. The van der Waals surface area contributed by atoms with E-state index in [-0.39, 0.29) is 18.0 Å². The number of halogens is 1. The van der Waals surface area contributed by atoms with E-state index in [2.05, 4.69) is 9.88 Å². The Bertz CT molecular complexity index is 1450. The normalized spacial score (nSPS) is 19.5. The van der Waals surface area contributed by atoms with Crippen LogP contribution in [0.15, 0.2) is 60.9 Å². The SMILES string of the molecule is CC(C)(C)OC(=O)N1C[C@H]2CCN(c3ccc4nc(-c5ccc(F)cc5)n(-c5ccncc5)c4n3)C[C@H]21. The number of rotatable bonds is 3. The minimum absolute atomic E-state index is 0.112. The van der Waals surface area contributed by atoms with E-state index in [1.54, 1.807) is 24.5 Å². The predicted molar refractivity (Wildman–Crippen MR) is 139 cm³/mol. The summed E-state index contributed by atoms with van der Waals surface area (Å²) in [4.78, 5) is 30.8. The molecule has 2 aliphatic rings. The lowest BCUT2D eigenvalue weighted by Crippen LogP contribution is -2.66. The van der Waals surface area contributed by atoms with Crippen molar-refractivity contribution in [3.8, 4) is 17.1 Å². The molecule has 2 atom stereocenters. The molecule has 0 bridgehead atoms. The van der Waals surface area contributed by atoms with E-state index in [1.165, 1.54) is 12.1 Å². The number of ether oxygens (including phenoxy) is 1. The molecule has 0 spiro atoms. The highest BCUT2D eigenvalue weighted by atomic mass is 19.1. The lowest BCUT2D eigenvalue weighted by Gasteiger charge is -2.53. The summed E-state index contributed by atoms with van der Waals surface area (Å²) >= 11 is 0. The van der Waals surface area contributed by atoms with Crippen molar-refractivity contribution in [3.05, 3.63) is 66.7 Å². The van der Waals surface area contributed by atoms with Gasteiger partial charge in [0.25, 0.3) is 0 Å². The summed E-state index contributed by atoms with van der Waals surface area (Å²) in [5, 5.41) is 0. The standard InChI is InChI=1S/C28H29FN6O2/c1-28(2,3)37-27(36)34-16-19-12-15-33(17-23(19)34)24-9-8-22-26(32-24)35(21-10-13-30-14-11-21)25(31-22)18-4-6-20(29)7-5-18/h4-11,13-14,19,23H,12,15-17H2,1-3H3/t19-,23-/m1/s1. The third kappa shape index (κ3) is 4.39. The Hall–Kier alpha value is -4.01. The summed E-state index contributed by atoms with van der Waals surface area (Å²) in [6.45, 7) is 7.99. The van der Waals surface area contributed by atoms with Crippen LogP contribution in [0.2, 0.25) is 0 Å². The number of aromatic nitrogens is 4. The van der Waals surface area contributed by atoms with Gasteiger partial charge in [0.2, 0.25) is 0 Å². The number of likely N-dealkylation sites (tertiary alicyclic amines) is 1. The zero-order valence-electron chi connectivity index (χ0n) is 21.1. The molecular weight excluding hydrogens is 471 g/mol. The van der Waals surface area contributed by atoms with E-state index >= 15 is 0 Å². The van der Waals surface area contributed by atoms with Crippen LogP contribution in [0.5, 0.6) is 0 Å². The third-order valence-electron chi connectivity index (χ3n) is 7.02. The number of amides is 1. The minimum atomic E-state index is -0.517. The quantitative estimate of drug-likeness (QED) is 0.391. The molecule has 8 nitrogen and oxygen atoms in total. The molecule has 9 heteroatoms. The van der Waals surface area contributed by atoms with Gasteiger partial charge in [-0.1, -0.05) is 0 Å². The Kier molecular flexibility index (Phi) is 5.58. The molecule has 0 aliphatic carbocycles. The van der Waals surface area contributed by atoms with Crippen LogP contribution in [-0.2, 0) is 4.74 Å². The van der Waals surface area contributed by atoms with Gasteiger partial charge in [0.1, 0.15) is 28.6 Å². The van der Waals surface area contributed by atoms with Gasteiger partial charge in [-0.2, -0.15) is 0 Å². The van der Waals surface area contributed by atoms with E-state index in [9.17, 15) is 9.18 Å². The lowest BCUT2D eigenvalue weighted by molar-refractivity contribution is -0.0346. The van der Waals surface area contributed by atoms with Crippen LogP contribution in [0, 0.1) is 11.7 Å². The van der Waals surface area contributed by atoms with Crippen molar-refractivity contribution in [2.24, 2.45) is 5.92 Å². The molecule has 37 heavy (non-hydrogen) atoms. The van der Waals surface area contributed by atoms with Crippen LogP contribution < -0.4 is 4.90 Å². The summed E-state index contributed by atoms with van der Waals surface area (Å²) in [5.41, 5.74) is 2.60. The van der Waals surface area contributed by atoms with E-state index in [1.807, 2.05) is 54.5 Å². The Morgan fingerprint density at radius 2 is 1.76 bits per heavy atom. The number of imidazole rings is 1. The second kappa shape index (κ2) is 8.83. The molecule has 0 N–H and O–H groups in total. The fraction of sp³-hybridized carbons (Fsp3) is 0.357. The number of nitrogens with zero attached hydrogens (tertiary/aromatic N) is 6. The Morgan fingerprint density at radius 3 is 2.49 bits per heavy atom. The number of anilines is 1. The Morgan fingerprint density at radius 1 is 1.00 bits per heavy atom. The molecule has 6 rings (SSSR count). The van der Waals surface area contributed by atoms with Gasteiger partial charge in [0.05, 0.1) is 11.7 Å². The average molecular weight is 501 g/mol. The van der Waals surface area contributed by atoms with E-state index in [4.69, 9.17) is 14.7 Å². The highest BCUT2D eigenvalue weighted by Gasteiger charge is 2.46. The van der Waals surface area contributed by atoms with Gasteiger partial charge in [-0.05, 0) is 75.7 Å². The summed E-state index contributed by atoms with van der Waals surface area (Å²) < 4.78 is 21.2. The largest absolute Gasteiger partial charge is 0.444 e. The molecule has 0 saturated carbocycles. The van der Waals surface area contributed by atoms with Gasteiger partial charge in [-0.3, -0.25) is 9.55 Å². The van der Waals surface area contributed by atoms with Crippen LogP contribution in [0.3, 0.4) is 0 Å². The Labute approximate surface area is 214 Å². The highest BCUT2D eigenvalue weighted by molar-refractivity contribution is 5.81. The van der Waals surface area contributed by atoms with Crippen LogP contribution in [0.4, 0.5) is 15.0 Å². The van der Waals surface area contributed by atoms with E-state index in [0.29, 0.717) is 23.9 Å². The highest BCUT2D eigenvalue weighted by Crippen LogP contribution is 2.36. The lowest BCUT2D eigenvalue weighted by atomic mass is 9.82. The average Bonchev–Trinajstić information content (AvgIpc) is 3.23. The van der Waals surface area contributed by atoms with Crippen molar-refractivity contribution in [2.75, 3.05) is 24.5 Å². The summed E-state index contributed by atoms with van der Waals surface area (Å²) in [6, 6.07) is 14.2. The summed E-state index contributed by atoms with van der Waals surface area (Å²) in [7, 11) is 0. The number of carbonyl (C=O) groups excluding carboxylic acids is 1. The first-order valence-electron chi connectivity index (χ1n) is 12.6. The molecule has 190 valence electrons. The van der Waals surface area contributed by atoms with Gasteiger partial charge in [0, 0.05) is 43.5 Å². The fourth-order valence-electron chi connectivity index (χ4n) is 5.19. The molecule has 0 unspecified atom stereocenters. The van der Waals surface area contributed by atoms with Gasteiger partial charge in [-0.15, -0.1) is 0 Å². The molecule has 2 aliphatic heterocycles. The number of hydrogen-bond acceptors (Lipinski definition) is 6. The van der Waals surface area contributed by atoms with Gasteiger partial charge in [-0.25, -0.2) is 19.2 Å². The van der Waals surface area contributed by atoms with Crippen molar-refractivity contribution in [1.82, 2.24) is 24.4 Å². The molecule has 3 aromatic heterocycles. The monoisotopic (exact) mass is 500 g/mol. The van der Waals surface area contributed by atoms with Crippen LogP contribution in [0.1, 0.15) is 27.2 Å². The first-order valence-corrected chi connectivity index (χ1v) is 12.6. The van der Waals surface area contributed by atoms with Gasteiger partial charge < -0.3 is 14.5 Å². The first kappa shape index (κ1) is 23.4. The van der Waals surface area contributed by atoms with Crippen molar-refractivity contribution < 1.29 is 13.9 Å². The maximum absolute atomic E-state index is 13.6. The van der Waals surface area contributed by atoms with Crippen molar-refractivity contribution in [3.63, 3.8) is 0 Å². The summed E-state index contributed by atoms with van der Waals surface area (Å²) in [6.07, 6.45) is 4.20. The van der Waals surface area contributed by atoms with E-state index in [0.717, 1.165) is 42.1 Å². The number of hydrogen-bond donors (Lipinski definition) is 0. The first-order chi connectivity index (χ1) is 17.8. The fourth-order valence-corrected chi connectivity index (χ4v) is 5.19. The maximum Gasteiger partial charge on any atom is 0.410 e. The number of pyridine rings is 2. The number of benzene rings is 1. The molecule has 0 radical (unpaired) electrons. The Balaban J connectivity index is 1.35. The zero-order chi connectivity index (χ0) is 25.7. The molecule has 2 saturated heterocycles.